The molecule has 0 saturated heterocycles. The Balaban J connectivity index is 1.83. The van der Waals surface area contributed by atoms with Gasteiger partial charge in [-0.25, -0.2) is 0 Å². The third-order valence-corrected chi connectivity index (χ3v) is 3.19. The lowest BCUT2D eigenvalue weighted by atomic mass is 10.1. The van der Waals surface area contributed by atoms with Crippen molar-refractivity contribution in [3.63, 3.8) is 0 Å². The summed E-state index contributed by atoms with van der Waals surface area (Å²) in [6, 6.07) is 16.0. The van der Waals surface area contributed by atoms with E-state index in [9.17, 15) is 0 Å². The van der Waals surface area contributed by atoms with Crippen molar-refractivity contribution >= 4 is 11.6 Å². The fourth-order valence-electron chi connectivity index (χ4n) is 1.95. The summed E-state index contributed by atoms with van der Waals surface area (Å²) >= 11 is 5.93. The van der Waals surface area contributed by atoms with Crippen LogP contribution in [-0.2, 0) is 13.0 Å². The maximum Gasteiger partial charge on any atom is 0.123 e. The van der Waals surface area contributed by atoms with E-state index in [4.69, 9.17) is 22.1 Å². The summed E-state index contributed by atoms with van der Waals surface area (Å²) in [6.45, 7) is 1.12. The van der Waals surface area contributed by atoms with E-state index in [0.29, 0.717) is 18.2 Å². The van der Waals surface area contributed by atoms with Gasteiger partial charge in [0.2, 0.25) is 0 Å². The van der Waals surface area contributed by atoms with Gasteiger partial charge in [-0.3, -0.25) is 0 Å². The van der Waals surface area contributed by atoms with E-state index >= 15 is 0 Å². The molecule has 2 aromatic rings. The Kier molecular flexibility index (Phi) is 5.25. The van der Waals surface area contributed by atoms with Gasteiger partial charge in [0, 0.05) is 17.1 Å². The normalized spacial score (nSPS) is 10.4. The first-order valence-electron chi connectivity index (χ1n) is 6.45. The van der Waals surface area contributed by atoms with Gasteiger partial charge in [0.25, 0.3) is 0 Å². The van der Waals surface area contributed by atoms with Gasteiger partial charge in [-0.2, -0.15) is 0 Å². The number of benzene rings is 2. The summed E-state index contributed by atoms with van der Waals surface area (Å²) in [5.74, 6) is 0.833. The molecule has 0 spiro atoms. The van der Waals surface area contributed by atoms with Gasteiger partial charge in [0.05, 0.1) is 6.61 Å². The van der Waals surface area contributed by atoms with Crippen LogP contribution in [0.5, 0.6) is 5.75 Å². The zero-order valence-corrected chi connectivity index (χ0v) is 11.6. The Bertz CT molecular complexity index is 513. The molecule has 0 heterocycles. The second kappa shape index (κ2) is 7.17. The van der Waals surface area contributed by atoms with E-state index in [1.807, 2.05) is 24.3 Å². The molecule has 0 amide bonds. The van der Waals surface area contributed by atoms with Crippen molar-refractivity contribution in [1.29, 1.82) is 0 Å². The van der Waals surface area contributed by atoms with Crippen LogP contribution in [0.15, 0.2) is 48.5 Å². The fraction of sp³-hybridized carbons (Fsp3) is 0.250. The number of rotatable bonds is 6. The van der Waals surface area contributed by atoms with Crippen molar-refractivity contribution in [1.82, 2.24) is 0 Å². The Labute approximate surface area is 119 Å². The second-order valence-corrected chi connectivity index (χ2v) is 4.83. The molecule has 0 unspecified atom stereocenters. The highest BCUT2D eigenvalue weighted by molar-refractivity contribution is 6.30. The van der Waals surface area contributed by atoms with Crippen molar-refractivity contribution in [2.45, 2.75) is 19.4 Å². The van der Waals surface area contributed by atoms with Crippen LogP contribution in [0, 0.1) is 0 Å². The van der Waals surface area contributed by atoms with E-state index in [-0.39, 0.29) is 0 Å². The van der Waals surface area contributed by atoms with E-state index in [1.165, 1.54) is 5.56 Å². The quantitative estimate of drug-likeness (QED) is 0.814. The van der Waals surface area contributed by atoms with Crippen LogP contribution in [0.1, 0.15) is 17.5 Å². The molecule has 0 saturated carbocycles. The molecule has 0 aromatic heterocycles. The first-order chi connectivity index (χ1) is 9.29. The lowest BCUT2D eigenvalue weighted by Gasteiger charge is -2.10. The fourth-order valence-corrected chi connectivity index (χ4v) is 2.15. The molecule has 2 N–H and O–H groups in total. The molecule has 0 aliphatic carbocycles. The van der Waals surface area contributed by atoms with Gasteiger partial charge in [-0.1, -0.05) is 41.9 Å². The Morgan fingerprint density at radius 3 is 2.58 bits per heavy atom. The predicted octanol–water partition coefficient (Wildman–Crippen LogP) is 3.81. The summed E-state index contributed by atoms with van der Waals surface area (Å²) in [5, 5.41) is 0.692. The summed E-state index contributed by atoms with van der Waals surface area (Å²) in [5.41, 5.74) is 7.96. The second-order valence-electron chi connectivity index (χ2n) is 4.39. The minimum absolute atomic E-state index is 0.439. The van der Waals surface area contributed by atoms with Crippen molar-refractivity contribution in [3.8, 4) is 5.75 Å². The van der Waals surface area contributed by atoms with Crippen LogP contribution in [-0.4, -0.2) is 6.61 Å². The highest BCUT2D eigenvalue weighted by Crippen LogP contribution is 2.22. The van der Waals surface area contributed by atoms with Crippen molar-refractivity contribution in [2.24, 2.45) is 5.73 Å². The monoisotopic (exact) mass is 275 g/mol. The van der Waals surface area contributed by atoms with Gasteiger partial charge in [-0.05, 0) is 36.6 Å². The van der Waals surface area contributed by atoms with Gasteiger partial charge in [0.15, 0.2) is 0 Å². The van der Waals surface area contributed by atoms with Crippen LogP contribution >= 0.6 is 11.6 Å². The van der Waals surface area contributed by atoms with Crippen LogP contribution in [0.3, 0.4) is 0 Å². The number of hydrogen-bond acceptors (Lipinski definition) is 2. The van der Waals surface area contributed by atoms with Gasteiger partial charge < -0.3 is 10.5 Å². The Hall–Kier alpha value is -1.51. The number of hydrogen-bond donors (Lipinski definition) is 1. The first kappa shape index (κ1) is 13.9. The SMILES string of the molecule is NCc1cc(Cl)ccc1OCCCc1ccccc1. The highest BCUT2D eigenvalue weighted by atomic mass is 35.5. The predicted molar refractivity (Wildman–Crippen MR) is 79.6 cm³/mol. The maximum absolute atomic E-state index is 5.93. The van der Waals surface area contributed by atoms with Crippen molar-refractivity contribution in [2.75, 3.05) is 6.61 Å². The maximum atomic E-state index is 5.93. The molecule has 0 aliphatic heterocycles. The molecule has 2 nitrogen and oxygen atoms in total. The standard InChI is InChI=1S/C16H18ClNO/c17-15-8-9-16(14(11-15)12-18)19-10-4-7-13-5-2-1-3-6-13/h1-3,5-6,8-9,11H,4,7,10,12,18H2. The number of ether oxygens (including phenoxy) is 1. The molecular weight excluding hydrogens is 258 g/mol. The van der Waals surface area contributed by atoms with Crippen molar-refractivity contribution < 1.29 is 4.74 Å². The van der Waals surface area contributed by atoms with Gasteiger partial charge >= 0.3 is 0 Å². The van der Waals surface area contributed by atoms with Gasteiger partial charge in [0.1, 0.15) is 5.75 Å². The summed E-state index contributed by atoms with van der Waals surface area (Å²) in [7, 11) is 0. The molecule has 3 heteroatoms. The lowest BCUT2D eigenvalue weighted by Crippen LogP contribution is -2.04. The average Bonchev–Trinajstić information content (AvgIpc) is 2.46. The summed E-state index contributed by atoms with van der Waals surface area (Å²) < 4.78 is 5.77. The number of halogens is 1. The van der Waals surface area contributed by atoms with Crippen LogP contribution < -0.4 is 10.5 Å². The minimum atomic E-state index is 0.439. The molecule has 0 radical (unpaired) electrons. The van der Waals surface area contributed by atoms with Crippen LogP contribution in [0.25, 0.3) is 0 Å². The largest absolute Gasteiger partial charge is 0.493 e. The molecule has 0 fully saturated rings. The highest BCUT2D eigenvalue weighted by Gasteiger charge is 2.03. The average molecular weight is 276 g/mol. The molecule has 19 heavy (non-hydrogen) atoms. The molecule has 0 atom stereocenters. The molecular formula is C16H18ClNO. The topological polar surface area (TPSA) is 35.2 Å². The zero-order chi connectivity index (χ0) is 13.5. The third-order valence-electron chi connectivity index (χ3n) is 2.95. The molecule has 2 aromatic carbocycles. The molecule has 0 aliphatic rings. The summed E-state index contributed by atoms with van der Waals surface area (Å²) in [4.78, 5) is 0. The Morgan fingerprint density at radius 2 is 1.84 bits per heavy atom. The smallest absolute Gasteiger partial charge is 0.123 e. The van der Waals surface area contributed by atoms with Crippen LogP contribution in [0.2, 0.25) is 5.02 Å². The van der Waals surface area contributed by atoms with E-state index in [1.54, 1.807) is 0 Å². The molecule has 0 bridgehead atoms. The van der Waals surface area contributed by atoms with Crippen LogP contribution in [0.4, 0.5) is 0 Å². The van der Waals surface area contributed by atoms with Crippen molar-refractivity contribution in [3.05, 3.63) is 64.7 Å². The van der Waals surface area contributed by atoms with E-state index < -0.39 is 0 Å². The van der Waals surface area contributed by atoms with E-state index in [2.05, 4.69) is 24.3 Å². The zero-order valence-electron chi connectivity index (χ0n) is 10.8. The first-order valence-corrected chi connectivity index (χ1v) is 6.82. The van der Waals surface area contributed by atoms with E-state index in [0.717, 1.165) is 24.2 Å². The molecule has 100 valence electrons. The number of nitrogens with two attached hydrogens (primary N) is 1. The molecule has 2 rings (SSSR count). The third kappa shape index (κ3) is 4.27. The number of aryl methyl sites for hydroxylation is 1. The minimum Gasteiger partial charge on any atom is -0.493 e. The lowest BCUT2D eigenvalue weighted by molar-refractivity contribution is 0.308. The van der Waals surface area contributed by atoms with Gasteiger partial charge in [-0.15, -0.1) is 0 Å². The Morgan fingerprint density at radius 1 is 1.05 bits per heavy atom. The summed E-state index contributed by atoms with van der Waals surface area (Å²) in [6.07, 6.45) is 2.00.